The Kier molecular flexibility index (Phi) is 5.52. The summed E-state index contributed by atoms with van der Waals surface area (Å²) in [5, 5.41) is -0.178. The van der Waals surface area contributed by atoms with Crippen LogP contribution in [0.5, 0.6) is 0 Å². The van der Waals surface area contributed by atoms with Gasteiger partial charge < -0.3 is 0 Å². The molecule has 0 aliphatic rings. The third-order valence-corrected chi connectivity index (χ3v) is 1.07. The zero-order valence-corrected chi connectivity index (χ0v) is 6.41. The molecule has 0 aromatic heterocycles. The normalized spacial score (nSPS) is 10.3. The molecule has 0 aromatic carbocycles. The van der Waals surface area contributed by atoms with Crippen molar-refractivity contribution in [3.8, 4) is 0 Å². The molecule has 0 saturated carbocycles. The molecule has 0 amide bonds. The van der Waals surface area contributed by atoms with E-state index >= 15 is 0 Å². The van der Waals surface area contributed by atoms with Crippen LogP contribution in [-0.2, 0) is 4.79 Å². The summed E-state index contributed by atoms with van der Waals surface area (Å²) < 4.78 is 0. The molecular weight excluding hydrogens is 132 g/mol. The van der Waals surface area contributed by atoms with Crippen molar-refractivity contribution in [1.29, 1.82) is 0 Å². The molecule has 0 aliphatic carbocycles. The Bertz CT molecular complexity index is 107. The lowest BCUT2D eigenvalue weighted by molar-refractivity contribution is -0.110. The number of hydrogen-bond acceptors (Lipinski definition) is 1. The fraction of sp³-hybridized carbons (Fsp3) is 0.571. The van der Waals surface area contributed by atoms with Gasteiger partial charge >= 0.3 is 0 Å². The van der Waals surface area contributed by atoms with Crippen molar-refractivity contribution >= 4 is 17.7 Å². The van der Waals surface area contributed by atoms with E-state index in [0.29, 0.717) is 6.42 Å². The van der Waals surface area contributed by atoms with Crippen molar-refractivity contribution in [2.24, 2.45) is 0 Å². The van der Waals surface area contributed by atoms with Crippen molar-refractivity contribution in [3.63, 3.8) is 0 Å². The van der Waals surface area contributed by atoms with Crippen molar-refractivity contribution in [2.75, 3.05) is 0 Å². The summed E-state index contributed by atoms with van der Waals surface area (Å²) in [6.45, 7) is 2.10. The maximum absolute atomic E-state index is 10.2. The van der Waals surface area contributed by atoms with Crippen LogP contribution in [0, 0.1) is 0 Å². The Labute approximate surface area is 61.6 Å². The highest BCUT2D eigenvalue weighted by atomic mass is 32.1. The van der Waals surface area contributed by atoms with Crippen LogP contribution in [0.3, 0.4) is 0 Å². The standard InChI is InChI=1S/C7H11OS/c1-2-3-4-5-6-7(8)9/h4-5H,2-3,6H2,1H3. The summed E-state index contributed by atoms with van der Waals surface area (Å²) in [7, 11) is 0. The zero-order valence-electron chi connectivity index (χ0n) is 5.59. The van der Waals surface area contributed by atoms with E-state index in [2.05, 4.69) is 19.6 Å². The number of allylic oxidation sites excluding steroid dienone is 2. The summed E-state index contributed by atoms with van der Waals surface area (Å²) in [6, 6.07) is 0. The summed E-state index contributed by atoms with van der Waals surface area (Å²) in [6.07, 6.45) is 6.41. The average molecular weight is 143 g/mol. The molecule has 0 heterocycles. The minimum Gasteiger partial charge on any atom is -0.282 e. The van der Waals surface area contributed by atoms with Crippen molar-refractivity contribution in [1.82, 2.24) is 0 Å². The smallest absolute Gasteiger partial charge is 0.222 e. The van der Waals surface area contributed by atoms with E-state index in [9.17, 15) is 4.79 Å². The molecule has 1 nitrogen and oxygen atoms in total. The van der Waals surface area contributed by atoms with Gasteiger partial charge in [-0.15, -0.1) is 0 Å². The van der Waals surface area contributed by atoms with Crippen LogP contribution in [0.4, 0.5) is 0 Å². The second-order valence-corrected chi connectivity index (χ2v) is 2.29. The lowest BCUT2D eigenvalue weighted by atomic mass is 10.3. The van der Waals surface area contributed by atoms with Crippen LogP contribution in [0.25, 0.3) is 0 Å². The third-order valence-electron chi connectivity index (χ3n) is 0.907. The predicted octanol–water partition coefficient (Wildman–Crippen LogP) is 2.46. The number of rotatable bonds is 4. The Morgan fingerprint density at radius 3 is 2.67 bits per heavy atom. The van der Waals surface area contributed by atoms with Crippen molar-refractivity contribution < 1.29 is 4.79 Å². The summed E-state index contributed by atoms with van der Waals surface area (Å²) in [5.74, 6) is 0. The van der Waals surface area contributed by atoms with Gasteiger partial charge in [-0.2, -0.15) is 0 Å². The number of carbonyl (C=O) groups excluding carboxylic acids is 1. The summed E-state index contributed by atoms with van der Waals surface area (Å²) in [4.78, 5) is 10.2. The first kappa shape index (κ1) is 8.63. The third kappa shape index (κ3) is 7.63. The first-order chi connectivity index (χ1) is 4.27. The van der Waals surface area contributed by atoms with Crippen LogP contribution in [0.15, 0.2) is 12.2 Å². The van der Waals surface area contributed by atoms with Gasteiger partial charge in [0, 0.05) is 6.42 Å². The van der Waals surface area contributed by atoms with Gasteiger partial charge in [0.25, 0.3) is 0 Å². The van der Waals surface area contributed by atoms with Crippen molar-refractivity contribution in [3.05, 3.63) is 12.2 Å². The molecule has 0 aromatic rings. The van der Waals surface area contributed by atoms with Gasteiger partial charge in [-0.1, -0.05) is 25.5 Å². The van der Waals surface area contributed by atoms with Gasteiger partial charge in [0.15, 0.2) is 0 Å². The maximum atomic E-state index is 10.2. The van der Waals surface area contributed by atoms with E-state index in [-0.39, 0.29) is 5.12 Å². The van der Waals surface area contributed by atoms with Crippen LogP contribution < -0.4 is 0 Å². The summed E-state index contributed by atoms with van der Waals surface area (Å²) >= 11 is 4.34. The molecular formula is C7H11OS. The fourth-order valence-corrected chi connectivity index (χ4v) is 0.560. The molecule has 0 aliphatic heterocycles. The van der Waals surface area contributed by atoms with E-state index in [1.807, 2.05) is 12.2 Å². The van der Waals surface area contributed by atoms with E-state index < -0.39 is 0 Å². The first-order valence-corrected chi connectivity index (χ1v) is 3.53. The first-order valence-electron chi connectivity index (χ1n) is 3.12. The molecule has 9 heavy (non-hydrogen) atoms. The molecule has 1 radical (unpaired) electrons. The minimum absolute atomic E-state index is 0.178. The second kappa shape index (κ2) is 5.76. The predicted molar refractivity (Wildman–Crippen MR) is 41.3 cm³/mol. The van der Waals surface area contributed by atoms with Crippen LogP contribution in [0.2, 0.25) is 0 Å². The summed E-state index contributed by atoms with van der Waals surface area (Å²) in [5.41, 5.74) is 0. The SMILES string of the molecule is CCCC=CCC(=O)[S]. The Morgan fingerprint density at radius 2 is 2.22 bits per heavy atom. The van der Waals surface area contributed by atoms with Gasteiger partial charge in [0.1, 0.15) is 0 Å². The number of unbranched alkanes of at least 4 members (excludes halogenated alkanes) is 1. The van der Waals surface area contributed by atoms with E-state index in [4.69, 9.17) is 0 Å². The zero-order chi connectivity index (χ0) is 7.11. The van der Waals surface area contributed by atoms with Gasteiger partial charge in [0.2, 0.25) is 5.12 Å². The molecule has 0 atom stereocenters. The highest BCUT2D eigenvalue weighted by Gasteiger charge is 1.86. The molecule has 0 fully saturated rings. The fourth-order valence-electron chi connectivity index (χ4n) is 0.464. The lowest BCUT2D eigenvalue weighted by Gasteiger charge is -1.82. The monoisotopic (exact) mass is 143 g/mol. The highest BCUT2D eigenvalue weighted by Crippen LogP contribution is 1.93. The molecule has 0 bridgehead atoms. The Hall–Kier alpha value is -0.370. The second-order valence-electron chi connectivity index (χ2n) is 1.84. The molecule has 0 saturated heterocycles. The van der Waals surface area contributed by atoms with Crippen molar-refractivity contribution in [2.45, 2.75) is 26.2 Å². The van der Waals surface area contributed by atoms with Crippen LogP contribution in [0.1, 0.15) is 26.2 Å². The molecule has 2 heteroatoms. The largest absolute Gasteiger partial charge is 0.282 e. The molecule has 0 spiro atoms. The maximum Gasteiger partial charge on any atom is 0.222 e. The number of hydrogen-bond donors (Lipinski definition) is 0. The molecule has 0 unspecified atom stereocenters. The van der Waals surface area contributed by atoms with E-state index in [0.717, 1.165) is 12.8 Å². The van der Waals surface area contributed by atoms with E-state index in [1.54, 1.807) is 0 Å². The quantitative estimate of drug-likeness (QED) is 0.552. The van der Waals surface area contributed by atoms with Gasteiger partial charge in [-0.05, 0) is 19.0 Å². The molecule has 0 rings (SSSR count). The number of carbonyl (C=O) groups is 1. The Balaban J connectivity index is 3.14. The topological polar surface area (TPSA) is 17.1 Å². The molecule has 0 N–H and O–H groups in total. The van der Waals surface area contributed by atoms with E-state index in [1.165, 1.54) is 0 Å². The minimum atomic E-state index is -0.178. The average Bonchev–Trinajstić information content (AvgIpc) is 1.80. The van der Waals surface area contributed by atoms with Gasteiger partial charge in [-0.3, -0.25) is 4.79 Å². The van der Waals surface area contributed by atoms with Crippen LogP contribution >= 0.6 is 12.6 Å². The van der Waals surface area contributed by atoms with Gasteiger partial charge in [-0.25, -0.2) is 0 Å². The lowest BCUT2D eigenvalue weighted by Crippen LogP contribution is -1.79. The van der Waals surface area contributed by atoms with Crippen LogP contribution in [-0.4, -0.2) is 5.12 Å². The Morgan fingerprint density at radius 1 is 1.56 bits per heavy atom. The highest BCUT2D eigenvalue weighted by molar-refractivity contribution is 7.96. The van der Waals surface area contributed by atoms with Gasteiger partial charge in [0.05, 0.1) is 0 Å². The molecule has 51 valence electrons.